The molecule has 0 radical (unpaired) electrons. The number of aromatic amines is 1. The molecule has 0 unspecified atom stereocenters. The van der Waals surface area contributed by atoms with Gasteiger partial charge in [0.05, 0.1) is 19.2 Å². The van der Waals surface area contributed by atoms with Gasteiger partial charge in [0, 0.05) is 0 Å². The van der Waals surface area contributed by atoms with Crippen molar-refractivity contribution in [1.29, 1.82) is 0 Å². The summed E-state index contributed by atoms with van der Waals surface area (Å²) in [5.41, 5.74) is -0.612. The molecule has 7 heteroatoms. The number of carboxylic acid groups (broad SMARTS) is 1. The number of carbonyl (C=O) groups is 1. The molecule has 6 nitrogen and oxygen atoms in total. The predicted molar refractivity (Wildman–Crippen MR) is 47.8 cm³/mol. The number of aromatic nitrogens is 2. The van der Waals surface area contributed by atoms with Gasteiger partial charge in [-0.2, -0.15) is 4.98 Å². The van der Waals surface area contributed by atoms with E-state index < -0.39 is 11.7 Å². The van der Waals surface area contributed by atoms with E-state index in [1.54, 1.807) is 0 Å². The zero-order chi connectivity index (χ0) is 10.7. The van der Waals surface area contributed by atoms with Gasteiger partial charge in [-0.3, -0.25) is 4.79 Å². The zero-order valence-electron chi connectivity index (χ0n) is 7.20. The molecule has 0 aliphatic heterocycles. The minimum absolute atomic E-state index is 0.00880. The normalized spacial score (nSPS) is 9.86. The molecule has 0 atom stereocenters. The van der Waals surface area contributed by atoms with Crippen molar-refractivity contribution < 1.29 is 14.6 Å². The summed E-state index contributed by atoms with van der Waals surface area (Å²) in [6.45, 7) is 0. The lowest BCUT2D eigenvalue weighted by atomic mass is 10.3. The van der Waals surface area contributed by atoms with E-state index in [2.05, 4.69) is 9.97 Å². The maximum absolute atomic E-state index is 10.9. The van der Waals surface area contributed by atoms with E-state index in [4.69, 9.17) is 21.4 Å². The Kier molecular flexibility index (Phi) is 3.08. The highest BCUT2D eigenvalue weighted by Crippen LogP contribution is 2.22. The van der Waals surface area contributed by atoms with Crippen molar-refractivity contribution in [1.82, 2.24) is 9.97 Å². The van der Waals surface area contributed by atoms with Crippen molar-refractivity contribution in [2.24, 2.45) is 0 Å². The third-order valence-electron chi connectivity index (χ3n) is 1.43. The van der Waals surface area contributed by atoms with Gasteiger partial charge >= 0.3 is 11.7 Å². The number of ether oxygens (including phenoxy) is 1. The van der Waals surface area contributed by atoms with Gasteiger partial charge in [0.15, 0.2) is 0 Å². The number of halogens is 1. The van der Waals surface area contributed by atoms with E-state index in [9.17, 15) is 9.59 Å². The number of hydrogen-bond donors (Lipinski definition) is 2. The van der Waals surface area contributed by atoms with Crippen LogP contribution >= 0.6 is 11.6 Å². The molecule has 0 fully saturated rings. The molecule has 0 saturated carbocycles. The highest BCUT2D eigenvalue weighted by atomic mass is 35.5. The SMILES string of the molecule is COc1nc(=O)[nH]c(CC(=O)O)c1Cl. The molecule has 0 amide bonds. The molecule has 0 aliphatic carbocycles. The highest BCUT2D eigenvalue weighted by Gasteiger charge is 2.13. The molecule has 0 saturated heterocycles. The van der Waals surface area contributed by atoms with Crippen LogP contribution in [-0.4, -0.2) is 28.2 Å². The van der Waals surface area contributed by atoms with Gasteiger partial charge in [0.25, 0.3) is 0 Å². The molecule has 0 bridgehead atoms. The fourth-order valence-corrected chi connectivity index (χ4v) is 1.12. The van der Waals surface area contributed by atoms with Crippen LogP contribution in [0, 0.1) is 0 Å². The average Bonchev–Trinajstić information content (AvgIpc) is 2.09. The monoisotopic (exact) mass is 218 g/mol. The topological polar surface area (TPSA) is 92.3 Å². The van der Waals surface area contributed by atoms with Crippen LogP contribution in [0.1, 0.15) is 5.69 Å². The maximum atomic E-state index is 10.9. The van der Waals surface area contributed by atoms with Gasteiger partial charge in [-0.15, -0.1) is 0 Å². The van der Waals surface area contributed by atoms with Crippen molar-refractivity contribution in [3.05, 3.63) is 21.2 Å². The Morgan fingerprint density at radius 3 is 2.86 bits per heavy atom. The molecule has 0 aromatic carbocycles. The summed E-state index contributed by atoms with van der Waals surface area (Å²) in [5.74, 6) is -1.18. The molecule has 1 heterocycles. The maximum Gasteiger partial charge on any atom is 0.348 e. The third-order valence-corrected chi connectivity index (χ3v) is 1.82. The molecular weight excluding hydrogens is 212 g/mol. The number of H-pyrrole nitrogens is 1. The van der Waals surface area contributed by atoms with Crippen LogP contribution in [0.15, 0.2) is 4.79 Å². The van der Waals surface area contributed by atoms with Crippen LogP contribution in [0.25, 0.3) is 0 Å². The van der Waals surface area contributed by atoms with Crippen LogP contribution < -0.4 is 10.4 Å². The lowest BCUT2D eigenvalue weighted by molar-refractivity contribution is -0.136. The van der Waals surface area contributed by atoms with Crippen LogP contribution in [0.5, 0.6) is 5.88 Å². The van der Waals surface area contributed by atoms with E-state index in [0.717, 1.165) is 0 Å². The zero-order valence-corrected chi connectivity index (χ0v) is 7.96. The summed E-state index contributed by atoms with van der Waals surface area (Å²) < 4.78 is 4.69. The first-order chi connectivity index (χ1) is 6.54. The summed E-state index contributed by atoms with van der Waals surface area (Å²) >= 11 is 5.70. The van der Waals surface area contributed by atoms with E-state index in [-0.39, 0.29) is 23.0 Å². The minimum atomic E-state index is -1.10. The largest absolute Gasteiger partial charge is 0.481 e. The molecule has 2 N–H and O–H groups in total. The minimum Gasteiger partial charge on any atom is -0.481 e. The summed E-state index contributed by atoms with van der Waals surface area (Å²) in [6, 6.07) is 0. The molecule has 1 aromatic rings. The Hall–Kier alpha value is -1.56. The quantitative estimate of drug-likeness (QED) is 0.748. The number of nitrogens with one attached hydrogen (secondary N) is 1. The fourth-order valence-electron chi connectivity index (χ4n) is 0.891. The summed E-state index contributed by atoms with van der Waals surface area (Å²) in [5, 5.41) is 8.51. The Labute approximate surface area is 83.5 Å². The van der Waals surface area contributed by atoms with Crippen molar-refractivity contribution in [2.75, 3.05) is 7.11 Å². The first-order valence-corrected chi connectivity index (χ1v) is 3.97. The Bertz CT molecular complexity index is 415. The van der Waals surface area contributed by atoms with Gasteiger partial charge in [-0.05, 0) is 0 Å². The van der Waals surface area contributed by atoms with Crippen LogP contribution in [-0.2, 0) is 11.2 Å². The summed E-state index contributed by atoms with van der Waals surface area (Å²) in [6.07, 6.45) is -0.382. The van der Waals surface area contributed by atoms with Crippen molar-refractivity contribution >= 4 is 17.6 Å². The number of nitrogens with zero attached hydrogens (tertiary/aromatic N) is 1. The van der Waals surface area contributed by atoms with Gasteiger partial charge in [-0.25, -0.2) is 4.79 Å². The van der Waals surface area contributed by atoms with Gasteiger partial charge < -0.3 is 14.8 Å². The fraction of sp³-hybridized carbons (Fsp3) is 0.286. The van der Waals surface area contributed by atoms with E-state index in [0.29, 0.717) is 0 Å². The smallest absolute Gasteiger partial charge is 0.348 e. The molecule has 14 heavy (non-hydrogen) atoms. The van der Waals surface area contributed by atoms with Crippen molar-refractivity contribution in [3.63, 3.8) is 0 Å². The third kappa shape index (κ3) is 2.23. The second kappa shape index (κ2) is 4.10. The van der Waals surface area contributed by atoms with Crippen molar-refractivity contribution in [2.45, 2.75) is 6.42 Å². The molecule has 0 spiro atoms. The lowest BCUT2D eigenvalue weighted by Crippen LogP contribution is -2.16. The second-order valence-electron chi connectivity index (χ2n) is 2.41. The molecule has 1 aromatic heterocycles. The number of methoxy groups -OCH3 is 1. The van der Waals surface area contributed by atoms with Crippen LogP contribution in [0.3, 0.4) is 0 Å². The molecule has 1 rings (SSSR count). The molecular formula is C7H7ClN2O4. The van der Waals surface area contributed by atoms with E-state index in [1.807, 2.05) is 0 Å². The number of aliphatic carboxylic acids is 1. The Balaban J connectivity index is 3.22. The average molecular weight is 219 g/mol. The summed E-state index contributed by atoms with van der Waals surface area (Å²) in [4.78, 5) is 26.9. The number of hydrogen-bond acceptors (Lipinski definition) is 4. The standard InChI is InChI=1S/C7H7ClN2O4/c1-14-6-5(8)3(2-4(11)12)9-7(13)10-6/h2H2,1H3,(H,11,12)(H,9,10,13). The second-order valence-corrected chi connectivity index (χ2v) is 2.79. The van der Waals surface area contributed by atoms with Gasteiger partial charge in [-0.1, -0.05) is 11.6 Å². The van der Waals surface area contributed by atoms with Crippen LogP contribution in [0.4, 0.5) is 0 Å². The first kappa shape index (κ1) is 10.5. The first-order valence-electron chi connectivity index (χ1n) is 3.59. The number of rotatable bonds is 3. The Morgan fingerprint density at radius 2 is 2.36 bits per heavy atom. The molecule has 76 valence electrons. The van der Waals surface area contributed by atoms with Gasteiger partial charge in [0.2, 0.25) is 5.88 Å². The Morgan fingerprint density at radius 1 is 1.71 bits per heavy atom. The predicted octanol–water partition coefficient (Wildman–Crippen LogP) is 0.0590. The van der Waals surface area contributed by atoms with Crippen molar-refractivity contribution in [3.8, 4) is 5.88 Å². The molecule has 0 aliphatic rings. The summed E-state index contributed by atoms with van der Waals surface area (Å²) in [7, 11) is 1.29. The number of carboxylic acids is 1. The highest BCUT2D eigenvalue weighted by molar-refractivity contribution is 6.32. The van der Waals surface area contributed by atoms with E-state index >= 15 is 0 Å². The van der Waals surface area contributed by atoms with Gasteiger partial charge in [0.1, 0.15) is 5.02 Å². The lowest BCUT2D eigenvalue weighted by Gasteiger charge is -2.04. The van der Waals surface area contributed by atoms with E-state index in [1.165, 1.54) is 7.11 Å². The van der Waals surface area contributed by atoms with Crippen LogP contribution in [0.2, 0.25) is 5.02 Å².